The van der Waals surface area contributed by atoms with E-state index in [0.29, 0.717) is 25.1 Å². The fourth-order valence-corrected chi connectivity index (χ4v) is 3.12. The standard InChI is InChI=1S/C19H28N2O3/c1-24-17-10-8-16(9-11-17)19(23)21-14-13-20-18(22)12-7-15-5-3-2-4-6-15/h8-11,15H,2-7,12-14H2,1H3,(H,20,22)(H,21,23). The van der Waals surface area contributed by atoms with E-state index in [2.05, 4.69) is 10.6 Å². The Morgan fingerprint density at radius 1 is 1.04 bits per heavy atom. The molecule has 0 unspecified atom stereocenters. The first-order valence-corrected chi connectivity index (χ1v) is 8.88. The second-order valence-electron chi connectivity index (χ2n) is 6.38. The molecule has 0 atom stereocenters. The summed E-state index contributed by atoms with van der Waals surface area (Å²) in [7, 11) is 1.59. The van der Waals surface area contributed by atoms with Crippen LogP contribution in [0.25, 0.3) is 0 Å². The molecule has 0 aromatic heterocycles. The van der Waals surface area contributed by atoms with Gasteiger partial charge < -0.3 is 15.4 Å². The average molecular weight is 332 g/mol. The van der Waals surface area contributed by atoms with Crippen molar-refractivity contribution in [1.29, 1.82) is 0 Å². The van der Waals surface area contributed by atoms with Crippen LogP contribution in [0.4, 0.5) is 0 Å². The second kappa shape index (κ2) is 9.96. The van der Waals surface area contributed by atoms with Crippen LogP contribution in [0.2, 0.25) is 0 Å². The van der Waals surface area contributed by atoms with Gasteiger partial charge in [-0.2, -0.15) is 0 Å². The topological polar surface area (TPSA) is 67.4 Å². The molecule has 132 valence electrons. The molecule has 0 spiro atoms. The Kier molecular flexibility index (Phi) is 7.59. The Morgan fingerprint density at radius 3 is 2.38 bits per heavy atom. The molecule has 0 saturated heterocycles. The molecule has 1 aromatic carbocycles. The lowest BCUT2D eigenvalue weighted by molar-refractivity contribution is -0.121. The summed E-state index contributed by atoms with van der Waals surface area (Å²) in [5, 5.41) is 5.68. The van der Waals surface area contributed by atoms with E-state index in [4.69, 9.17) is 4.74 Å². The highest BCUT2D eigenvalue weighted by Gasteiger charge is 2.14. The molecule has 5 nitrogen and oxygen atoms in total. The SMILES string of the molecule is COc1ccc(C(=O)NCCNC(=O)CCC2CCCCC2)cc1. The van der Waals surface area contributed by atoms with Crippen molar-refractivity contribution < 1.29 is 14.3 Å². The summed E-state index contributed by atoms with van der Waals surface area (Å²) in [6, 6.07) is 6.94. The molecule has 1 saturated carbocycles. The number of rotatable bonds is 8. The van der Waals surface area contributed by atoms with Crippen molar-refractivity contribution >= 4 is 11.8 Å². The molecule has 2 rings (SSSR count). The van der Waals surface area contributed by atoms with Crippen molar-refractivity contribution in [2.45, 2.75) is 44.9 Å². The largest absolute Gasteiger partial charge is 0.497 e. The monoisotopic (exact) mass is 332 g/mol. The highest BCUT2D eigenvalue weighted by atomic mass is 16.5. The van der Waals surface area contributed by atoms with Crippen LogP contribution in [0, 0.1) is 5.92 Å². The molecular formula is C19H28N2O3. The number of hydrogen-bond acceptors (Lipinski definition) is 3. The van der Waals surface area contributed by atoms with E-state index in [1.807, 2.05) is 0 Å². The summed E-state index contributed by atoms with van der Waals surface area (Å²) < 4.78 is 5.06. The van der Waals surface area contributed by atoms with E-state index in [9.17, 15) is 9.59 Å². The van der Waals surface area contributed by atoms with Crippen molar-refractivity contribution in [2.24, 2.45) is 5.92 Å². The highest BCUT2D eigenvalue weighted by Crippen LogP contribution is 2.27. The Hall–Kier alpha value is -2.04. The fourth-order valence-electron chi connectivity index (χ4n) is 3.12. The van der Waals surface area contributed by atoms with Gasteiger partial charge in [-0.15, -0.1) is 0 Å². The van der Waals surface area contributed by atoms with E-state index in [1.54, 1.807) is 31.4 Å². The third kappa shape index (κ3) is 6.22. The molecule has 1 fully saturated rings. The van der Waals surface area contributed by atoms with Gasteiger partial charge in [-0.05, 0) is 36.6 Å². The molecule has 0 heterocycles. The number of nitrogens with one attached hydrogen (secondary N) is 2. The van der Waals surface area contributed by atoms with Gasteiger partial charge in [0, 0.05) is 25.1 Å². The van der Waals surface area contributed by atoms with Crippen molar-refractivity contribution in [3.63, 3.8) is 0 Å². The van der Waals surface area contributed by atoms with E-state index in [1.165, 1.54) is 32.1 Å². The molecule has 5 heteroatoms. The first-order chi connectivity index (χ1) is 11.7. The maximum absolute atomic E-state index is 12.0. The first-order valence-electron chi connectivity index (χ1n) is 8.88. The summed E-state index contributed by atoms with van der Waals surface area (Å²) in [4.78, 5) is 23.8. The van der Waals surface area contributed by atoms with Crippen LogP contribution >= 0.6 is 0 Å². The molecule has 1 aromatic rings. The van der Waals surface area contributed by atoms with Gasteiger partial charge in [0.15, 0.2) is 0 Å². The van der Waals surface area contributed by atoms with Gasteiger partial charge in [0.2, 0.25) is 5.91 Å². The number of carbonyl (C=O) groups is 2. The minimum absolute atomic E-state index is 0.0827. The minimum Gasteiger partial charge on any atom is -0.497 e. The molecule has 2 amide bonds. The van der Waals surface area contributed by atoms with Crippen molar-refractivity contribution in [2.75, 3.05) is 20.2 Å². The quantitative estimate of drug-likeness (QED) is 0.719. The predicted octanol–water partition coefficient (Wildman–Crippen LogP) is 2.90. The number of ether oxygens (including phenoxy) is 1. The van der Waals surface area contributed by atoms with Crippen LogP contribution in [0.1, 0.15) is 55.3 Å². The molecular weight excluding hydrogens is 304 g/mol. The van der Waals surface area contributed by atoms with E-state index in [0.717, 1.165) is 18.1 Å². The zero-order chi connectivity index (χ0) is 17.2. The summed E-state index contributed by atoms with van der Waals surface area (Å²) in [5.74, 6) is 1.38. The lowest BCUT2D eigenvalue weighted by Gasteiger charge is -2.20. The number of carbonyl (C=O) groups excluding carboxylic acids is 2. The van der Waals surface area contributed by atoms with Crippen LogP contribution in [0.5, 0.6) is 5.75 Å². The zero-order valence-electron chi connectivity index (χ0n) is 14.5. The van der Waals surface area contributed by atoms with E-state index >= 15 is 0 Å². The highest BCUT2D eigenvalue weighted by molar-refractivity contribution is 5.94. The lowest BCUT2D eigenvalue weighted by atomic mass is 9.86. The molecule has 2 N–H and O–H groups in total. The normalized spacial score (nSPS) is 14.9. The van der Waals surface area contributed by atoms with E-state index in [-0.39, 0.29) is 11.8 Å². The number of methoxy groups -OCH3 is 1. The van der Waals surface area contributed by atoms with Crippen LogP contribution < -0.4 is 15.4 Å². The molecule has 0 radical (unpaired) electrons. The summed E-state index contributed by atoms with van der Waals surface area (Å²) in [6.07, 6.45) is 8.08. The Morgan fingerprint density at radius 2 is 1.71 bits per heavy atom. The van der Waals surface area contributed by atoms with E-state index < -0.39 is 0 Å². The van der Waals surface area contributed by atoms with Crippen LogP contribution in [0.3, 0.4) is 0 Å². The van der Waals surface area contributed by atoms with Crippen LogP contribution in [-0.4, -0.2) is 32.0 Å². The molecule has 0 bridgehead atoms. The first kappa shape index (κ1) is 18.3. The molecule has 24 heavy (non-hydrogen) atoms. The van der Waals surface area contributed by atoms with Crippen molar-refractivity contribution in [3.05, 3.63) is 29.8 Å². The smallest absolute Gasteiger partial charge is 0.251 e. The second-order valence-corrected chi connectivity index (χ2v) is 6.38. The number of amides is 2. The van der Waals surface area contributed by atoms with Gasteiger partial charge in [0.1, 0.15) is 5.75 Å². The molecule has 0 aliphatic heterocycles. The van der Waals surface area contributed by atoms with Gasteiger partial charge in [-0.3, -0.25) is 9.59 Å². The summed E-state index contributed by atoms with van der Waals surface area (Å²) >= 11 is 0. The molecule has 1 aliphatic carbocycles. The third-order valence-electron chi connectivity index (χ3n) is 4.59. The average Bonchev–Trinajstić information content (AvgIpc) is 2.64. The predicted molar refractivity (Wildman–Crippen MR) is 94.1 cm³/mol. The van der Waals surface area contributed by atoms with Gasteiger partial charge in [-0.1, -0.05) is 32.1 Å². The third-order valence-corrected chi connectivity index (χ3v) is 4.59. The Labute approximate surface area is 144 Å². The fraction of sp³-hybridized carbons (Fsp3) is 0.579. The maximum Gasteiger partial charge on any atom is 0.251 e. The Balaban J connectivity index is 1.57. The lowest BCUT2D eigenvalue weighted by Crippen LogP contribution is -2.34. The Bertz CT molecular complexity index is 522. The summed E-state index contributed by atoms with van der Waals surface area (Å²) in [6.45, 7) is 0.894. The summed E-state index contributed by atoms with van der Waals surface area (Å²) in [5.41, 5.74) is 0.583. The van der Waals surface area contributed by atoms with Gasteiger partial charge in [-0.25, -0.2) is 0 Å². The van der Waals surface area contributed by atoms with Gasteiger partial charge >= 0.3 is 0 Å². The van der Waals surface area contributed by atoms with Crippen LogP contribution in [0.15, 0.2) is 24.3 Å². The van der Waals surface area contributed by atoms with Crippen molar-refractivity contribution in [1.82, 2.24) is 10.6 Å². The minimum atomic E-state index is -0.144. The van der Waals surface area contributed by atoms with Crippen LogP contribution in [-0.2, 0) is 4.79 Å². The molecule has 1 aliphatic rings. The van der Waals surface area contributed by atoms with Gasteiger partial charge in [0.05, 0.1) is 7.11 Å². The van der Waals surface area contributed by atoms with Gasteiger partial charge in [0.25, 0.3) is 5.91 Å². The zero-order valence-corrected chi connectivity index (χ0v) is 14.5. The number of hydrogen-bond donors (Lipinski definition) is 2. The van der Waals surface area contributed by atoms with Crippen molar-refractivity contribution in [3.8, 4) is 5.75 Å². The maximum atomic E-state index is 12.0. The number of benzene rings is 1.